The first-order valence-corrected chi connectivity index (χ1v) is 6.54. The van der Waals surface area contributed by atoms with Crippen molar-refractivity contribution in [1.82, 2.24) is 15.1 Å². The molecular formula is C15H21N3O. The highest BCUT2D eigenvalue weighted by Crippen LogP contribution is 2.23. The summed E-state index contributed by atoms with van der Waals surface area (Å²) in [6.45, 7) is 7.29. The molecule has 102 valence electrons. The van der Waals surface area contributed by atoms with Crippen molar-refractivity contribution in [3.63, 3.8) is 0 Å². The van der Waals surface area contributed by atoms with Crippen LogP contribution in [-0.2, 0) is 13.6 Å². The normalized spacial score (nSPS) is 11.0. The third-order valence-electron chi connectivity index (χ3n) is 2.93. The maximum Gasteiger partial charge on any atom is 0.165 e. The zero-order valence-electron chi connectivity index (χ0n) is 12.0. The summed E-state index contributed by atoms with van der Waals surface area (Å²) < 4.78 is 7.48. The van der Waals surface area contributed by atoms with E-state index < -0.39 is 0 Å². The monoisotopic (exact) mass is 259 g/mol. The van der Waals surface area contributed by atoms with Gasteiger partial charge in [0, 0.05) is 19.6 Å². The Labute approximate surface area is 114 Å². The van der Waals surface area contributed by atoms with Crippen molar-refractivity contribution in [2.24, 2.45) is 7.05 Å². The van der Waals surface area contributed by atoms with E-state index in [1.807, 2.05) is 19.3 Å². The average Bonchev–Trinajstić information content (AvgIpc) is 2.73. The molecule has 2 aromatic rings. The predicted molar refractivity (Wildman–Crippen MR) is 76.4 cm³/mol. The molecule has 0 bridgehead atoms. The van der Waals surface area contributed by atoms with E-state index in [1.165, 1.54) is 11.1 Å². The zero-order valence-corrected chi connectivity index (χ0v) is 12.0. The number of ether oxygens (including phenoxy) is 1. The lowest BCUT2D eigenvalue weighted by Gasteiger charge is -2.12. The fraction of sp³-hybridized carbons (Fsp3) is 0.400. The molecule has 19 heavy (non-hydrogen) atoms. The average molecular weight is 259 g/mol. The molecule has 0 aliphatic rings. The summed E-state index contributed by atoms with van der Waals surface area (Å²) >= 11 is 0. The van der Waals surface area contributed by atoms with E-state index in [2.05, 4.69) is 43.3 Å². The van der Waals surface area contributed by atoms with E-state index in [0.29, 0.717) is 6.04 Å². The van der Waals surface area contributed by atoms with Crippen LogP contribution in [0.1, 0.15) is 25.0 Å². The Morgan fingerprint density at radius 2 is 2.11 bits per heavy atom. The Bertz CT molecular complexity index is 546. The summed E-state index contributed by atoms with van der Waals surface area (Å²) in [5.74, 6) is 1.61. The highest BCUT2D eigenvalue weighted by atomic mass is 16.5. The van der Waals surface area contributed by atoms with Gasteiger partial charge in [-0.1, -0.05) is 19.9 Å². The molecular weight excluding hydrogens is 238 g/mol. The van der Waals surface area contributed by atoms with Crippen LogP contribution in [0, 0.1) is 6.92 Å². The maximum absolute atomic E-state index is 5.76. The van der Waals surface area contributed by atoms with Gasteiger partial charge >= 0.3 is 0 Å². The van der Waals surface area contributed by atoms with Gasteiger partial charge in [0.2, 0.25) is 0 Å². The maximum atomic E-state index is 5.76. The molecule has 1 aromatic carbocycles. The van der Waals surface area contributed by atoms with Gasteiger partial charge in [-0.25, -0.2) is 0 Å². The highest BCUT2D eigenvalue weighted by molar-refractivity contribution is 5.37. The minimum absolute atomic E-state index is 0.491. The Morgan fingerprint density at radius 1 is 1.32 bits per heavy atom. The number of nitrogens with one attached hydrogen (secondary N) is 1. The molecule has 4 heteroatoms. The van der Waals surface area contributed by atoms with Crippen molar-refractivity contribution in [2.45, 2.75) is 33.4 Å². The van der Waals surface area contributed by atoms with Crippen molar-refractivity contribution >= 4 is 0 Å². The molecule has 1 aromatic heterocycles. The summed E-state index contributed by atoms with van der Waals surface area (Å²) in [7, 11) is 1.87. The van der Waals surface area contributed by atoms with Crippen LogP contribution in [0.5, 0.6) is 11.5 Å². The molecule has 0 aliphatic heterocycles. The third-order valence-corrected chi connectivity index (χ3v) is 2.93. The lowest BCUT2D eigenvalue weighted by Crippen LogP contribution is -2.22. The summed E-state index contributed by atoms with van der Waals surface area (Å²) in [6.07, 6.45) is 3.56. The van der Waals surface area contributed by atoms with Gasteiger partial charge in [-0.2, -0.15) is 5.10 Å². The lowest BCUT2D eigenvalue weighted by molar-refractivity contribution is 0.481. The smallest absolute Gasteiger partial charge is 0.165 e. The first-order valence-electron chi connectivity index (χ1n) is 6.54. The van der Waals surface area contributed by atoms with Crippen molar-refractivity contribution in [3.8, 4) is 11.5 Å². The SMILES string of the molecule is Cc1cc(Oc2cnn(C)c2)ccc1CNC(C)C. The molecule has 0 radical (unpaired) electrons. The second-order valence-corrected chi connectivity index (χ2v) is 5.08. The fourth-order valence-electron chi connectivity index (χ4n) is 1.83. The van der Waals surface area contributed by atoms with Crippen LogP contribution >= 0.6 is 0 Å². The largest absolute Gasteiger partial charge is 0.454 e. The Hall–Kier alpha value is -1.81. The van der Waals surface area contributed by atoms with E-state index in [-0.39, 0.29) is 0 Å². The molecule has 2 rings (SSSR count). The van der Waals surface area contributed by atoms with Gasteiger partial charge in [-0.15, -0.1) is 0 Å². The minimum atomic E-state index is 0.491. The third kappa shape index (κ3) is 3.83. The second-order valence-electron chi connectivity index (χ2n) is 5.08. The van der Waals surface area contributed by atoms with Gasteiger partial charge in [-0.3, -0.25) is 4.68 Å². The molecule has 4 nitrogen and oxygen atoms in total. The number of aromatic nitrogens is 2. The van der Waals surface area contributed by atoms with Crippen LogP contribution in [0.2, 0.25) is 0 Å². The highest BCUT2D eigenvalue weighted by Gasteiger charge is 2.04. The van der Waals surface area contributed by atoms with Gasteiger partial charge in [-0.05, 0) is 30.2 Å². The summed E-state index contributed by atoms with van der Waals surface area (Å²) in [6, 6.07) is 6.66. The summed E-state index contributed by atoms with van der Waals surface area (Å²) in [5.41, 5.74) is 2.53. The fourth-order valence-corrected chi connectivity index (χ4v) is 1.83. The Morgan fingerprint density at radius 3 is 2.68 bits per heavy atom. The van der Waals surface area contributed by atoms with Gasteiger partial charge in [0.25, 0.3) is 0 Å². The number of benzene rings is 1. The molecule has 0 unspecified atom stereocenters. The van der Waals surface area contributed by atoms with Gasteiger partial charge in [0.05, 0.1) is 12.4 Å². The summed E-state index contributed by atoms with van der Waals surface area (Å²) in [5, 5.41) is 7.50. The van der Waals surface area contributed by atoms with Crippen LogP contribution in [0.4, 0.5) is 0 Å². The topological polar surface area (TPSA) is 39.1 Å². The van der Waals surface area contributed by atoms with Crippen molar-refractivity contribution in [3.05, 3.63) is 41.7 Å². The van der Waals surface area contributed by atoms with Crippen LogP contribution in [0.3, 0.4) is 0 Å². The van der Waals surface area contributed by atoms with Gasteiger partial charge in [0.1, 0.15) is 5.75 Å². The molecule has 0 saturated carbocycles. The van der Waals surface area contributed by atoms with Crippen LogP contribution in [-0.4, -0.2) is 15.8 Å². The van der Waals surface area contributed by atoms with E-state index in [4.69, 9.17) is 4.74 Å². The standard InChI is InChI=1S/C15H21N3O/c1-11(2)16-8-13-5-6-14(7-12(13)3)19-15-9-17-18(4)10-15/h5-7,9-11,16H,8H2,1-4H3. The summed E-state index contributed by atoms with van der Waals surface area (Å²) in [4.78, 5) is 0. The molecule has 0 saturated heterocycles. The van der Waals surface area contributed by atoms with Crippen molar-refractivity contribution in [2.75, 3.05) is 0 Å². The molecule has 0 aliphatic carbocycles. The minimum Gasteiger partial charge on any atom is -0.454 e. The number of hydrogen-bond acceptors (Lipinski definition) is 3. The van der Waals surface area contributed by atoms with Crippen molar-refractivity contribution in [1.29, 1.82) is 0 Å². The Balaban J connectivity index is 2.06. The van der Waals surface area contributed by atoms with Crippen molar-refractivity contribution < 1.29 is 4.74 Å². The van der Waals surface area contributed by atoms with E-state index in [1.54, 1.807) is 10.9 Å². The molecule has 1 heterocycles. The number of rotatable bonds is 5. The Kier molecular flexibility index (Phi) is 4.22. The van der Waals surface area contributed by atoms with E-state index in [9.17, 15) is 0 Å². The first kappa shape index (κ1) is 13.6. The van der Waals surface area contributed by atoms with E-state index in [0.717, 1.165) is 18.0 Å². The zero-order chi connectivity index (χ0) is 13.8. The predicted octanol–water partition coefficient (Wildman–Crippen LogP) is 3.02. The quantitative estimate of drug-likeness (QED) is 0.897. The number of aryl methyl sites for hydroxylation is 2. The van der Waals surface area contributed by atoms with Gasteiger partial charge in [0.15, 0.2) is 5.75 Å². The lowest BCUT2D eigenvalue weighted by atomic mass is 10.1. The number of nitrogens with zero attached hydrogens (tertiary/aromatic N) is 2. The molecule has 0 spiro atoms. The molecule has 0 amide bonds. The van der Waals surface area contributed by atoms with Crippen LogP contribution in [0.15, 0.2) is 30.6 Å². The molecule has 1 N–H and O–H groups in total. The van der Waals surface area contributed by atoms with E-state index >= 15 is 0 Å². The van der Waals surface area contributed by atoms with Gasteiger partial charge < -0.3 is 10.1 Å². The second kappa shape index (κ2) is 5.89. The van der Waals surface area contributed by atoms with Crippen LogP contribution < -0.4 is 10.1 Å². The van der Waals surface area contributed by atoms with Crippen LogP contribution in [0.25, 0.3) is 0 Å². The molecule has 0 atom stereocenters. The first-order chi connectivity index (χ1) is 9.04. The number of hydrogen-bond donors (Lipinski definition) is 1. The molecule has 0 fully saturated rings.